The minimum Gasteiger partial charge on any atom is -0.444 e. The number of rotatable bonds is 3. The van der Waals surface area contributed by atoms with Gasteiger partial charge in [-0.15, -0.1) is 0 Å². The molecule has 0 aliphatic carbocycles. The Bertz CT molecular complexity index is 1010. The number of hydrogen-bond acceptors (Lipinski definition) is 7. The molecule has 2 fully saturated rings. The van der Waals surface area contributed by atoms with Crippen LogP contribution in [0.2, 0.25) is 5.15 Å². The summed E-state index contributed by atoms with van der Waals surface area (Å²) in [5.41, 5.74) is -0.198. The second kappa shape index (κ2) is 8.03. The maximum absolute atomic E-state index is 14.9. The van der Waals surface area contributed by atoms with E-state index in [1.807, 2.05) is 25.7 Å². The summed E-state index contributed by atoms with van der Waals surface area (Å²) in [5, 5.41) is 19.8. The van der Waals surface area contributed by atoms with Gasteiger partial charge in [0.05, 0.1) is 31.0 Å². The van der Waals surface area contributed by atoms with Crippen LogP contribution in [0.4, 0.5) is 15.0 Å². The maximum Gasteiger partial charge on any atom is 0.410 e. The van der Waals surface area contributed by atoms with E-state index in [1.165, 1.54) is 6.20 Å². The standard InChI is InChI=1S/C21H26ClFN4O4/c1-21(2,3)31-20(30)27-11-4-5-12(27)8-26(7-11)19-13-6-24-18(22)17(23)16(13)14(9-28)15(10-29)25-19/h6,11-12,28-29H,4-5,7-10H2,1-3H3. The molecule has 31 heavy (non-hydrogen) atoms. The lowest BCUT2D eigenvalue weighted by molar-refractivity contribution is 0.0123. The third-order valence-electron chi connectivity index (χ3n) is 5.80. The first-order valence-corrected chi connectivity index (χ1v) is 10.7. The number of aliphatic hydroxyl groups is 2. The van der Waals surface area contributed by atoms with Crippen molar-refractivity contribution in [2.45, 2.75) is 64.5 Å². The van der Waals surface area contributed by atoms with Crippen molar-refractivity contribution in [2.24, 2.45) is 0 Å². The monoisotopic (exact) mass is 452 g/mol. The van der Waals surface area contributed by atoms with Crippen LogP contribution in [-0.4, -0.2) is 61.9 Å². The Balaban J connectivity index is 1.73. The lowest BCUT2D eigenvalue weighted by Gasteiger charge is -2.42. The fraction of sp³-hybridized carbons (Fsp3) is 0.571. The van der Waals surface area contributed by atoms with Crippen LogP contribution in [0.15, 0.2) is 6.20 Å². The molecule has 2 saturated heterocycles. The molecule has 10 heteroatoms. The molecule has 0 aromatic carbocycles. The predicted molar refractivity (Wildman–Crippen MR) is 113 cm³/mol. The van der Waals surface area contributed by atoms with E-state index in [-0.39, 0.29) is 40.0 Å². The Morgan fingerprint density at radius 3 is 2.45 bits per heavy atom. The quantitative estimate of drug-likeness (QED) is 0.690. The van der Waals surface area contributed by atoms with E-state index < -0.39 is 24.6 Å². The highest BCUT2D eigenvalue weighted by Crippen LogP contribution is 2.38. The van der Waals surface area contributed by atoms with Crippen LogP contribution in [0.5, 0.6) is 0 Å². The first kappa shape index (κ1) is 22.0. The molecule has 2 bridgehead atoms. The highest BCUT2D eigenvalue weighted by molar-refractivity contribution is 6.30. The molecule has 1 amide bonds. The van der Waals surface area contributed by atoms with Gasteiger partial charge in [-0.3, -0.25) is 4.90 Å². The molecule has 2 aromatic rings. The van der Waals surface area contributed by atoms with Gasteiger partial charge in [-0.05, 0) is 33.6 Å². The summed E-state index contributed by atoms with van der Waals surface area (Å²) in [7, 11) is 0. The first-order valence-electron chi connectivity index (χ1n) is 10.3. The van der Waals surface area contributed by atoms with Crippen LogP contribution in [0.3, 0.4) is 0 Å². The molecule has 2 aliphatic heterocycles. The number of halogens is 2. The van der Waals surface area contributed by atoms with Crippen molar-refractivity contribution < 1.29 is 24.1 Å². The summed E-state index contributed by atoms with van der Waals surface area (Å²) in [4.78, 5) is 25.0. The number of anilines is 1. The van der Waals surface area contributed by atoms with Gasteiger partial charge in [0.1, 0.15) is 11.4 Å². The smallest absolute Gasteiger partial charge is 0.410 e. The first-order chi connectivity index (χ1) is 14.6. The molecule has 2 aromatic heterocycles. The molecule has 8 nitrogen and oxygen atoms in total. The van der Waals surface area contributed by atoms with Crippen LogP contribution < -0.4 is 4.90 Å². The van der Waals surface area contributed by atoms with E-state index in [1.54, 1.807) is 4.90 Å². The lowest BCUT2D eigenvalue weighted by Crippen LogP contribution is -2.57. The fourth-order valence-corrected chi connectivity index (χ4v) is 4.70. The van der Waals surface area contributed by atoms with Crippen molar-refractivity contribution in [1.82, 2.24) is 14.9 Å². The lowest BCUT2D eigenvalue weighted by atomic mass is 10.0. The zero-order valence-corrected chi connectivity index (χ0v) is 18.5. The van der Waals surface area contributed by atoms with E-state index in [0.717, 1.165) is 12.8 Å². The van der Waals surface area contributed by atoms with Gasteiger partial charge in [0.15, 0.2) is 11.0 Å². The number of fused-ring (bicyclic) bond motifs is 3. The van der Waals surface area contributed by atoms with Gasteiger partial charge in [-0.1, -0.05) is 11.6 Å². The van der Waals surface area contributed by atoms with Crippen molar-refractivity contribution in [3.63, 3.8) is 0 Å². The van der Waals surface area contributed by atoms with Gasteiger partial charge in [-0.2, -0.15) is 0 Å². The van der Waals surface area contributed by atoms with Crippen LogP contribution in [0, 0.1) is 5.82 Å². The highest BCUT2D eigenvalue weighted by atomic mass is 35.5. The molecule has 0 radical (unpaired) electrons. The fourth-order valence-electron chi connectivity index (χ4n) is 4.56. The summed E-state index contributed by atoms with van der Waals surface area (Å²) in [6, 6.07) is -0.128. The van der Waals surface area contributed by atoms with Gasteiger partial charge < -0.3 is 19.8 Å². The summed E-state index contributed by atoms with van der Waals surface area (Å²) in [6.45, 7) is 5.55. The number of carbonyl (C=O) groups excluding carboxylic acids is 1. The Hall–Kier alpha value is -2.23. The number of aliphatic hydroxyl groups excluding tert-OH is 2. The van der Waals surface area contributed by atoms with Crippen LogP contribution in [0.25, 0.3) is 10.8 Å². The Morgan fingerprint density at radius 1 is 1.26 bits per heavy atom. The summed E-state index contributed by atoms with van der Waals surface area (Å²) in [6.07, 6.45) is 2.77. The minimum atomic E-state index is -0.753. The summed E-state index contributed by atoms with van der Waals surface area (Å²) in [5.74, 6) is -0.294. The largest absolute Gasteiger partial charge is 0.444 e. The van der Waals surface area contributed by atoms with Crippen molar-refractivity contribution in [2.75, 3.05) is 18.0 Å². The molecule has 2 atom stereocenters. The van der Waals surface area contributed by atoms with Gasteiger partial charge in [0, 0.05) is 35.6 Å². The van der Waals surface area contributed by atoms with Gasteiger partial charge in [0.2, 0.25) is 0 Å². The van der Waals surface area contributed by atoms with E-state index in [9.17, 15) is 19.4 Å². The van der Waals surface area contributed by atoms with Gasteiger partial charge >= 0.3 is 6.09 Å². The average molecular weight is 453 g/mol. The highest BCUT2D eigenvalue weighted by Gasteiger charge is 2.45. The third-order valence-corrected chi connectivity index (χ3v) is 6.07. The second-order valence-electron chi connectivity index (χ2n) is 9.01. The molecule has 2 unspecified atom stereocenters. The van der Waals surface area contributed by atoms with Crippen molar-refractivity contribution in [1.29, 1.82) is 0 Å². The number of ether oxygens (including phenoxy) is 1. The molecule has 2 aliphatic rings. The van der Waals surface area contributed by atoms with Gasteiger partial charge in [0.25, 0.3) is 0 Å². The predicted octanol–water partition coefficient (Wildman–Crippen LogP) is 3.00. The number of amides is 1. The molecule has 2 N–H and O–H groups in total. The topological polar surface area (TPSA) is 99.0 Å². The third kappa shape index (κ3) is 3.90. The van der Waals surface area contributed by atoms with Crippen LogP contribution in [0.1, 0.15) is 44.9 Å². The number of nitrogens with zero attached hydrogens (tertiary/aromatic N) is 4. The van der Waals surface area contributed by atoms with Crippen LogP contribution in [-0.2, 0) is 18.0 Å². The Morgan fingerprint density at radius 2 is 1.90 bits per heavy atom. The second-order valence-corrected chi connectivity index (χ2v) is 9.36. The van der Waals surface area contributed by atoms with E-state index in [4.69, 9.17) is 16.3 Å². The Kier molecular flexibility index (Phi) is 5.70. The normalized spacial score (nSPS) is 21.1. The molecule has 168 valence electrons. The number of hydrogen-bond donors (Lipinski definition) is 2. The molecule has 0 spiro atoms. The molecular weight excluding hydrogens is 427 g/mol. The number of carbonyl (C=O) groups is 1. The van der Waals surface area contributed by atoms with Crippen molar-refractivity contribution in [3.8, 4) is 0 Å². The summed E-state index contributed by atoms with van der Waals surface area (Å²) >= 11 is 5.89. The number of piperazine rings is 1. The molecular formula is C21H26ClFN4O4. The number of pyridine rings is 2. The summed E-state index contributed by atoms with van der Waals surface area (Å²) < 4.78 is 20.5. The van der Waals surface area contributed by atoms with Crippen molar-refractivity contribution >= 4 is 34.3 Å². The minimum absolute atomic E-state index is 0.0642. The van der Waals surface area contributed by atoms with Crippen LogP contribution >= 0.6 is 11.6 Å². The SMILES string of the molecule is CC(C)(C)OC(=O)N1C2CCC1CN(c1nc(CO)c(CO)c3c(F)c(Cl)ncc13)C2. The zero-order chi connectivity index (χ0) is 22.5. The maximum atomic E-state index is 14.9. The molecule has 4 rings (SSSR count). The number of aromatic nitrogens is 2. The zero-order valence-electron chi connectivity index (χ0n) is 17.7. The molecule has 0 saturated carbocycles. The van der Waals surface area contributed by atoms with E-state index in [2.05, 4.69) is 9.97 Å². The average Bonchev–Trinajstić information content (AvgIpc) is 2.98. The van der Waals surface area contributed by atoms with E-state index >= 15 is 0 Å². The van der Waals surface area contributed by atoms with E-state index in [0.29, 0.717) is 24.3 Å². The van der Waals surface area contributed by atoms with Crippen molar-refractivity contribution in [3.05, 3.63) is 28.4 Å². The molecule has 4 heterocycles. The Labute approximate surface area is 184 Å². The van der Waals surface area contributed by atoms with Gasteiger partial charge in [-0.25, -0.2) is 19.2 Å².